The van der Waals surface area contributed by atoms with Crippen molar-refractivity contribution < 1.29 is 4.74 Å². The number of hydrogen-bond acceptors (Lipinski definition) is 3. The van der Waals surface area contributed by atoms with E-state index in [0.29, 0.717) is 0 Å². The minimum absolute atomic E-state index is 0.117. The van der Waals surface area contributed by atoms with Gasteiger partial charge in [0, 0.05) is 7.05 Å². The number of allylic oxidation sites excluding steroid dienone is 1. The zero-order valence-electron chi connectivity index (χ0n) is 10.2. The molecule has 1 atom stereocenters. The highest BCUT2D eigenvalue weighted by molar-refractivity contribution is 5.21. The molecule has 4 nitrogen and oxygen atoms in total. The summed E-state index contributed by atoms with van der Waals surface area (Å²) in [4.78, 5) is 0. The summed E-state index contributed by atoms with van der Waals surface area (Å²) in [6.07, 6.45) is 4.39. The second-order valence-corrected chi connectivity index (χ2v) is 4.15. The first kappa shape index (κ1) is 11.2. The van der Waals surface area contributed by atoms with Crippen LogP contribution in [0.15, 0.2) is 17.9 Å². The highest BCUT2D eigenvalue weighted by atomic mass is 16.5. The fourth-order valence-electron chi connectivity index (χ4n) is 2.11. The third kappa shape index (κ3) is 2.11. The van der Waals surface area contributed by atoms with Crippen molar-refractivity contribution in [1.82, 2.24) is 15.1 Å². The van der Waals surface area contributed by atoms with E-state index >= 15 is 0 Å². The van der Waals surface area contributed by atoms with Crippen molar-refractivity contribution in [2.45, 2.75) is 25.8 Å². The molecule has 0 radical (unpaired) electrons. The molecule has 0 amide bonds. The molecule has 0 saturated heterocycles. The first-order valence-corrected chi connectivity index (χ1v) is 5.73. The SMILES string of the molecule is CNC(C1=CCCCO1)c1cc(C)nn1C. The number of aryl methyl sites for hydroxylation is 2. The highest BCUT2D eigenvalue weighted by Crippen LogP contribution is 2.25. The van der Waals surface area contributed by atoms with Crippen LogP contribution in [0.3, 0.4) is 0 Å². The van der Waals surface area contributed by atoms with Crippen LogP contribution >= 0.6 is 0 Å². The van der Waals surface area contributed by atoms with Crippen molar-refractivity contribution in [3.63, 3.8) is 0 Å². The van der Waals surface area contributed by atoms with Crippen molar-refractivity contribution in [1.29, 1.82) is 0 Å². The van der Waals surface area contributed by atoms with E-state index in [-0.39, 0.29) is 6.04 Å². The lowest BCUT2D eigenvalue weighted by molar-refractivity contribution is 0.168. The van der Waals surface area contributed by atoms with E-state index in [1.54, 1.807) is 0 Å². The van der Waals surface area contributed by atoms with Gasteiger partial charge in [-0.15, -0.1) is 0 Å². The van der Waals surface area contributed by atoms with Crippen molar-refractivity contribution >= 4 is 0 Å². The van der Waals surface area contributed by atoms with Crippen LogP contribution < -0.4 is 5.32 Å². The monoisotopic (exact) mass is 221 g/mol. The van der Waals surface area contributed by atoms with Crippen LogP contribution in [0.2, 0.25) is 0 Å². The molecule has 1 aromatic heterocycles. The van der Waals surface area contributed by atoms with Gasteiger partial charge in [0.05, 0.1) is 18.0 Å². The van der Waals surface area contributed by atoms with Crippen LogP contribution in [0.25, 0.3) is 0 Å². The Bertz CT molecular complexity index is 395. The number of hydrogen-bond donors (Lipinski definition) is 1. The summed E-state index contributed by atoms with van der Waals surface area (Å²) in [6.45, 7) is 2.83. The maximum absolute atomic E-state index is 5.71. The van der Waals surface area contributed by atoms with E-state index in [4.69, 9.17) is 4.74 Å². The number of nitrogens with one attached hydrogen (secondary N) is 1. The Hall–Kier alpha value is -1.29. The molecular formula is C12H19N3O. The molecule has 0 aromatic carbocycles. The smallest absolute Gasteiger partial charge is 0.115 e. The van der Waals surface area contributed by atoms with Gasteiger partial charge in [-0.05, 0) is 39.0 Å². The molecular weight excluding hydrogens is 202 g/mol. The number of rotatable bonds is 3. The summed E-state index contributed by atoms with van der Waals surface area (Å²) in [5, 5.41) is 7.66. The Labute approximate surface area is 96.3 Å². The van der Waals surface area contributed by atoms with Crippen molar-refractivity contribution in [3.05, 3.63) is 29.3 Å². The van der Waals surface area contributed by atoms with Crippen molar-refractivity contribution in [2.24, 2.45) is 7.05 Å². The molecule has 1 aliphatic rings. The molecule has 1 aromatic rings. The lowest BCUT2D eigenvalue weighted by Crippen LogP contribution is -2.24. The van der Waals surface area contributed by atoms with Gasteiger partial charge in [-0.1, -0.05) is 0 Å². The predicted molar refractivity (Wildman–Crippen MR) is 63.0 cm³/mol. The molecule has 1 aliphatic heterocycles. The molecule has 2 rings (SSSR count). The number of ether oxygens (including phenoxy) is 1. The van der Waals surface area contributed by atoms with E-state index in [1.807, 2.05) is 25.7 Å². The van der Waals surface area contributed by atoms with E-state index < -0.39 is 0 Å². The Kier molecular flexibility index (Phi) is 3.29. The number of aromatic nitrogens is 2. The van der Waals surface area contributed by atoms with E-state index in [1.165, 1.54) is 0 Å². The second kappa shape index (κ2) is 4.70. The highest BCUT2D eigenvalue weighted by Gasteiger charge is 2.21. The Morgan fingerprint density at radius 1 is 1.56 bits per heavy atom. The first-order chi connectivity index (χ1) is 7.72. The quantitative estimate of drug-likeness (QED) is 0.844. The molecule has 4 heteroatoms. The van der Waals surface area contributed by atoms with E-state index in [2.05, 4.69) is 22.6 Å². The summed E-state index contributed by atoms with van der Waals surface area (Å²) in [7, 11) is 3.92. The average molecular weight is 221 g/mol. The lowest BCUT2D eigenvalue weighted by Gasteiger charge is -2.23. The Morgan fingerprint density at radius 3 is 2.88 bits per heavy atom. The van der Waals surface area contributed by atoms with Crippen LogP contribution in [0.4, 0.5) is 0 Å². The standard InChI is InChI=1S/C12H19N3O/c1-9-8-10(15(3)14-9)12(13-2)11-6-4-5-7-16-11/h6,8,12-13H,4-5,7H2,1-3H3. The summed E-state index contributed by atoms with van der Waals surface area (Å²) < 4.78 is 7.62. The van der Waals surface area contributed by atoms with Gasteiger partial charge in [0.1, 0.15) is 11.8 Å². The van der Waals surface area contributed by atoms with Gasteiger partial charge in [-0.3, -0.25) is 4.68 Å². The van der Waals surface area contributed by atoms with E-state index in [0.717, 1.165) is 36.6 Å². The van der Waals surface area contributed by atoms with Gasteiger partial charge in [0.2, 0.25) is 0 Å². The molecule has 0 saturated carbocycles. The topological polar surface area (TPSA) is 39.1 Å². The minimum Gasteiger partial charge on any atom is -0.496 e. The molecule has 0 fully saturated rings. The summed E-state index contributed by atoms with van der Waals surface area (Å²) in [5.74, 6) is 1.02. The largest absolute Gasteiger partial charge is 0.496 e. The third-order valence-corrected chi connectivity index (χ3v) is 2.87. The molecule has 1 unspecified atom stereocenters. The molecule has 2 heterocycles. The average Bonchev–Trinajstić information content (AvgIpc) is 2.61. The van der Waals surface area contributed by atoms with E-state index in [9.17, 15) is 0 Å². The maximum atomic E-state index is 5.71. The molecule has 88 valence electrons. The predicted octanol–water partition coefficient (Wildman–Crippen LogP) is 1.68. The van der Waals surface area contributed by atoms with Gasteiger partial charge in [-0.2, -0.15) is 5.10 Å². The normalized spacial score (nSPS) is 17.8. The molecule has 16 heavy (non-hydrogen) atoms. The Morgan fingerprint density at radius 2 is 2.38 bits per heavy atom. The van der Waals surface area contributed by atoms with Gasteiger partial charge < -0.3 is 10.1 Å². The van der Waals surface area contributed by atoms with Gasteiger partial charge >= 0.3 is 0 Å². The minimum atomic E-state index is 0.117. The summed E-state index contributed by atoms with van der Waals surface area (Å²) >= 11 is 0. The lowest BCUT2D eigenvalue weighted by atomic mass is 10.1. The Balaban J connectivity index is 2.28. The van der Waals surface area contributed by atoms with Gasteiger partial charge in [0.25, 0.3) is 0 Å². The first-order valence-electron chi connectivity index (χ1n) is 5.73. The van der Waals surface area contributed by atoms with Gasteiger partial charge in [-0.25, -0.2) is 0 Å². The molecule has 0 bridgehead atoms. The zero-order valence-corrected chi connectivity index (χ0v) is 10.2. The fraction of sp³-hybridized carbons (Fsp3) is 0.583. The van der Waals surface area contributed by atoms with Crippen LogP contribution in [0.5, 0.6) is 0 Å². The van der Waals surface area contributed by atoms with Crippen molar-refractivity contribution in [2.75, 3.05) is 13.7 Å². The summed E-state index contributed by atoms with van der Waals surface area (Å²) in [5.41, 5.74) is 2.18. The zero-order chi connectivity index (χ0) is 11.5. The molecule has 0 spiro atoms. The third-order valence-electron chi connectivity index (χ3n) is 2.87. The van der Waals surface area contributed by atoms with Crippen LogP contribution in [-0.2, 0) is 11.8 Å². The summed E-state index contributed by atoms with van der Waals surface area (Å²) in [6, 6.07) is 2.21. The van der Waals surface area contributed by atoms with Crippen molar-refractivity contribution in [3.8, 4) is 0 Å². The van der Waals surface area contributed by atoms with Crippen LogP contribution in [-0.4, -0.2) is 23.4 Å². The molecule has 0 aliphatic carbocycles. The molecule has 1 N–H and O–H groups in total. The maximum Gasteiger partial charge on any atom is 0.115 e. The number of nitrogens with zero attached hydrogens (tertiary/aromatic N) is 2. The second-order valence-electron chi connectivity index (χ2n) is 4.15. The fourth-order valence-corrected chi connectivity index (χ4v) is 2.11. The van der Waals surface area contributed by atoms with Crippen LogP contribution in [0, 0.1) is 6.92 Å². The van der Waals surface area contributed by atoms with Gasteiger partial charge in [0.15, 0.2) is 0 Å². The van der Waals surface area contributed by atoms with Crippen LogP contribution in [0.1, 0.15) is 30.3 Å². The number of likely N-dealkylation sites (N-methyl/N-ethyl adjacent to an activating group) is 1.